The summed E-state index contributed by atoms with van der Waals surface area (Å²) < 4.78 is 0. The fraction of sp³-hybridized carbons (Fsp3) is 0.688. The van der Waals surface area contributed by atoms with Crippen LogP contribution in [0.25, 0.3) is 0 Å². The lowest BCUT2D eigenvalue weighted by Crippen LogP contribution is -2.53. The number of hydrogen-bond acceptors (Lipinski definition) is 7. The van der Waals surface area contributed by atoms with Crippen LogP contribution in [0.3, 0.4) is 0 Å². The normalized spacial score (nSPS) is 17.6. The minimum Gasteiger partial charge on any atom is -0.480 e. The number of carboxylic acids is 1. The molecule has 0 bridgehead atoms. The van der Waals surface area contributed by atoms with Crippen molar-refractivity contribution in [1.29, 1.82) is 0 Å². The Balaban J connectivity index is 2.60. The molecule has 1 heterocycles. The van der Waals surface area contributed by atoms with E-state index in [1.54, 1.807) is 0 Å². The van der Waals surface area contributed by atoms with Gasteiger partial charge in [-0.1, -0.05) is 0 Å². The van der Waals surface area contributed by atoms with Crippen LogP contribution in [-0.2, 0) is 19.2 Å². The number of thiol groups is 1. The van der Waals surface area contributed by atoms with Gasteiger partial charge >= 0.3 is 5.97 Å². The first kappa shape index (κ1) is 24.5. The van der Waals surface area contributed by atoms with Crippen molar-refractivity contribution >= 4 is 42.3 Å². The lowest BCUT2D eigenvalue weighted by molar-refractivity contribution is -0.141. The number of rotatable bonds is 12. The zero-order chi connectivity index (χ0) is 21.8. The first-order valence-electron chi connectivity index (χ1n) is 9.24. The number of nitrogens with zero attached hydrogens (tertiary/aromatic N) is 1. The number of hydrogen-bond donors (Lipinski definition) is 8. The number of amides is 3. The predicted molar refractivity (Wildman–Crippen MR) is 109 cm³/mol. The molecule has 13 heteroatoms. The van der Waals surface area contributed by atoms with Crippen LogP contribution in [0.1, 0.15) is 25.7 Å². The maximum Gasteiger partial charge on any atom is 0.327 e. The van der Waals surface area contributed by atoms with E-state index in [9.17, 15) is 19.2 Å². The highest BCUT2D eigenvalue weighted by Gasteiger charge is 2.27. The minimum atomic E-state index is -1.23. The quantitative estimate of drug-likeness (QED) is 0.0686. The van der Waals surface area contributed by atoms with Crippen LogP contribution in [0.5, 0.6) is 0 Å². The van der Waals surface area contributed by atoms with E-state index in [1.807, 2.05) is 0 Å². The van der Waals surface area contributed by atoms with Gasteiger partial charge < -0.3 is 37.8 Å². The molecule has 0 aromatic rings. The van der Waals surface area contributed by atoms with Crippen molar-refractivity contribution in [3.63, 3.8) is 0 Å². The molecule has 1 aliphatic heterocycles. The predicted octanol–water partition coefficient (Wildman–Crippen LogP) is -3.11. The molecule has 0 spiro atoms. The standard InChI is InChI=1S/C16H29N7O5S/c17-16(18)20-6-2-4-10(23-14(26)9-3-1-5-19-9)13(25)21-7-12(24)22-11(8-29)15(27)28/h9-11,19,29H,1-8H2,(H,21,25)(H,22,24)(H,23,26)(H,27,28)(H4,17,18,20). The van der Waals surface area contributed by atoms with Crippen LogP contribution in [0.15, 0.2) is 4.99 Å². The Morgan fingerprint density at radius 2 is 1.93 bits per heavy atom. The summed E-state index contributed by atoms with van der Waals surface area (Å²) in [6.07, 6.45) is 2.24. The Hall–Kier alpha value is -2.54. The molecule has 3 unspecified atom stereocenters. The Morgan fingerprint density at radius 1 is 1.21 bits per heavy atom. The Labute approximate surface area is 174 Å². The van der Waals surface area contributed by atoms with Gasteiger partial charge in [0.05, 0.1) is 12.6 Å². The van der Waals surface area contributed by atoms with E-state index in [4.69, 9.17) is 16.6 Å². The van der Waals surface area contributed by atoms with Crippen molar-refractivity contribution < 1.29 is 24.3 Å². The van der Waals surface area contributed by atoms with E-state index in [0.717, 1.165) is 13.0 Å². The second-order valence-corrected chi connectivity index (χ2v) is 6.88. The second kappa shape index (κ2) is 12.8. The molecule has 1 saturated heterocycles. The number of guanidine groups is 1. The third-order valence-corrected chi connectivity index (χ3v) is 4.56. The number of carbonyl (C=O) groups is 4. The maximum absolute atomic E-state index is 12.5. The van der Waals surface area contributed by atoms with Crippen molar-refractivity contribution in [2.75, 3.05) is 25.4 Å². The molecule has 0 aliphatic carbocycles. The summed E-state index contributed by atoms with van der Waals surface area (Å²) in [5.74, 6) is -2.92. The molecule has 9 N–H and O–H groups in total. The number of carbonyl (C=O) groups excluding carboxylic acids is 3. The van der Waals surface area contributed by atoms with Crippen molar-refractivity contribution in [1.82, 2.24) is 21.3 Å². The third kappa shape index (κ3) is 9.47. The molecule has 12 nitrogen and oxygen atoms in total. The third-order valence-electron chi connectivity index (χ3n) is 4.19. The number of carboxylic acid groups (broad SMARTS) is 1. The molecular weight excluding hydrogens is 402 g/mol. The van der Waals surface area contributed by atoms with Crippen molar-refractivity contribution in [3.05, 3.63) is 0 Å². The lowest BCUT2D eigenvalue weighted by atomic mass is 10.1. The Morgan fingerprint density at radius 3 is 2.48 bits per heavy atom. The van der Waals surface area contributed by atoms with Gasteiger partial charge in [0.25, 0.3) is 0 Å². The molecule has 1 aliphatic rings. The highest BCUT2D eigenvalue weighted by Crippen LogP contribution is 2.06. The van der Waals surface area contributed by atoms with Crippen LogP contribution >= 0.6 is 12.6 Å². The van der Waals surface area contributed by atoms with Crippen LogP contribution in [0.2, 0.25) is 0 Å². The zero-order valence-electron chi connectivity index (χ0n) is 16.0. The van der Waals surface area contributed by atoms with Crippen molar-refractivity contribution in [3.8, 4) is 0 Å². The van der Waals surface area contributed by atoms with Gasteiger partial charge in [-0.3, -0.25) is 19.4 Å². The maximum atomic E-state index is 12.5. The topological polar surface area (TPSA) is 201 Å². The Bertz CT molecular complexity index is 621. The highest BCUT2D eigenvalue weighted by molar-refractivity contribution is 7.80. The second-order valence-electron chi connectivity index (χ2n) is 6.52. The number of aliphatic imine (C=N–C) groups is 1. The molecule has 0 aromatic carbocycles. The summed E-state index contributed by atoms with van der Waals surface area (Å²) in [6.45, 7) is 0.584. The van der Waals surface area contributed by atoms with Gasteiger partial charge in [-0.15, -0.1) is 0 Å². The molecule has 1 rings (SSSR count). The van der Waals surface area contributed by atoms with Gasteiger partial charge in [0, 0.05) is 12.3 Å². The summed E-state index contributed by atoms with van der Waals surface area (Å²) in [5, 5.41) is 19.3. The molecule has 164 valence electrons. The molecular formula is C16H29N7O5S. The average Bonchev–Trinajstić information content (AvgIpc) is 3.20. The van der Waals surface area contributed by atoms with Gasteiger partial charge in [-0.05, 0) is 32.2 Å². The summed E-state index contributed by atoms with van der Waals surface area (Å²) in [6, 6.07) is -2.41. The summed E-state index contributed by atoms with van der Waals surface area (Å²) in [4.78, 5) is 51.4. The van der Waals surface area contributed by atoms with E-state index >= 15 is 0 Å². The van der Waals surface area contributed by atoms with E-state index in [-0.39, 0.29) is 36.6 Å². The van der Waals surface area contributed by atoms with E-state index in [2.05, 4.69) is 38.9 Å². The summed E-state index contributed by atoms with van der Waals surface area (Å²) >= 11 is 3.85. The molecule has 3 atom stereocenters. The van der Waals surface area contributed by atoms with Gasteiger partial charge in [-0.2, -0.15) is 12.6 Å². The number of nitrogens with one attached hydrogen (secondary N) is 4. The highest BCUT2D eigenvalue weighted by atomic mass is 32.1. The molecule has 29 heavy (non-hydrogen) atoms. The fourth-order valence-corrected chi connectivity index (χ4v) is 2.92. The van der Waals surface area contributed by atoms with Crippen LogP contribution in [0, 0.1) is 0 Å². The van der Waals surface area contributed by atoms with Gasteiger partial charge in [0.15, 0.2) is 5.96 Å². The summed E-state index contributed by atoms with van der Waals surface area (Å²) in [7, 11) is 0. The van der Waals surface area contributed by atoms with Gasteiger partial charge in [-0.25, -0.2) is 4.79 Å². The zero-order valence-corrected chi connectivity index (χ0v) is 16.9. The SMILES string of the molecule is NC(N)=NCCCC(NC(=O)C1CCCN1)C(=O)NCC(=O)NC(CS)C(=O)O. The van der Waals surface area contributed by atoms with Crippen LogP contribution < -0.4 is 32.7 Å². The average molecular weight is 432 g/mol. The van der Waals surface area contributed by atoms with Crippen LogP contribution in [-0.4, -0.2) is 78.3 Å². The largest absolute Gasteiger partial charge is 0.480 e. The van der Waals surface area contributed by atoms with Gasteiger partial charge in [0.1, 0.15) is 12.1 Å². The van der Waals surface area contributed by atoms with Crippen molar-refractivity contribution in [2.24, 2.45) is 16.5 Å². The van der Waals surface area contributed by atoms with Gasteiger partial charge in [0.2, 0.25) is 17.7 Å². The molecule has 0 aromatic heterocycles. The lowest BCUT2D eigenvalue weighted by Gasteiger charge is -2.20. The van der Waals surface area contributed by atoms with Crippen molar-refractivity contribution in [2.45, 2.75) is 43.8 Å². The van der Waals surface area contributed by atoms with E-state index in [1.165, 1.54) is 0 Å². The fourth-order valence-electron chi connectivity index (χ4n) is 2.67. The first-order valence-corrected chi connectivity index (χ1v) is 9.87. The van der Waals surface area contributed by atoms with E-state index in [0.29, 0.717) is 12.8 Å². The summed E-state index contributed by atoms with van der Waals surface area (Å²) in [5.41, 5.74) is 10.5. The van der Waals surface area contributed by atoms with Crippen LogP contribution in [0.4, 0.5) is 0 Å². The number of nitrogens with two attached hydrogens (primary N) is 2. The molecule has 0 radical (unpaired) electrons. The minimum absolute atomic E-state index is 0.0703. The van der Waals surface area contributed by atoms with E-state index < -0.39 is 36.4 Å². The molecule has 1 fully saturated rings. The monoisotopic (exact) mass is 431 g/mol. The number of aliphatic carboxylic acids is 1. The first-order chi connectivity index (χ1) is 13.7. The smallest absolute Gasteiger partial charge is 0.327 e. The Kier molecular flexibility index (Phi) is 10.8. The molecule has 0 saturated carbocycles. The molecule has 3 amide bonds.